The molecule has 0 atom stereocenters. The quantitative estimate of drug-likeness (QED) is 0.318. The van der Waals surface area contributed by atoms with Crippen LogP contribution in [0.3, 0.4) is 0 Å². The Morgan fingerprint density at radius 1 is 0.543 bits per heavy atom. The highest BCUT2D eigenvalue weighted by Crippen LogP contribution is 3.07. The van der Waals surface area contributed by atoms with Gasteiger partial charge in [0, 0.05) is 6.20 Å². The van der Waals surface area contributed by atoms with E-state index in [0.29, 0.717) is 0 Å². The molecular formula is C31H54NP3+2. The summed E-state index contributed by atoms with van der Waals surface area (Å²) in [5.74, 6) is 0. The van der Waals surface area contributed by atoms with Gasteiger partial charge in [0.25, 0.3) is 7.30 Å². The van der Waals surface area contributed by atoms with Gasteiger partial charge < -0.3 is 0 Å². The lowest BCUT2D eigenvalue weighted by atomic mass is 9.99. The fourth-order valence-electron chi connectivity index (χ4n) is 8.96. The molecule has 0 spiro atoms. The van der Waals surface area contributed by atoms with E-state index in [0.717, 1.165) is 22.6 Å². The van der Waals surface area contributed by atoms with E-state index >= 15 is 0 Å². The SMILES string of the molecule is C[P+](C1CCCCC1)(C1CCCCC1)P(c1ccccn1)[P+](C)(C1CCCCC1)C1CCCCC1. The van der Waals surface area contributed by atoms with Crippen molar-refractivity contribution in [1.82, 2.24) is 4.98 Å². The molecule has 0 aliphatic heterocycles. The van der Waals surface area contributed by atoms with Crippen LogP contribution in [0.4, 0.5) is 0 Å². The van der Waals surface area contributed by atoms with Crippen LogP contribution in [0.2, 0.25) is 0 Å². The number of rotatable bonds is 7. The minimum atomic E-state index is -1.16. The molecule has 5 rings (SSSR count). The Morgan fingerprint density at radius 2 is 0.886 bits per heavy atom. The third-order valence-corrected chi connectivity index (χ3v) is 38.2. The smallest absolute Gasteiger partial charge is 0.249 e. The van der Waals surface area contributed by atoms with Crippen LogP contribution in [0, 0.1) is 0 Å². The summed E-state index contributed by atoms with van der Waals surface area (Å²) in [6, 6.07) is 7.13. The summed E-state index contributed by atoms with van der Waals surface area (Å²) in [5.41, 5.74) is 5.86. The maximum absolute atomic E-state index is 5.38. The molecule has 0 aromatic carbocycles. The van der Waals surface area contributed by atoms with Crippen LogP contribution in [-0.2, 0) is 0 Å². The second kappa shape index (κ2) is 12.5. The minimum Gasteiger partial charge on any atom is -0.249 e. The van der Waals surface area contributed by atoms with Crippen LogP contribution in [0.1, 0.15) is 128 Å². The van der Waals surface area contributed by atoms with E-state index < -0.39 is 13.9 Å². The van der Waals surface area contributed by atoms with Gasteiger partial charge in [-0.2, -0.15) is 0 Å². The first kappa shape index (κ1) is 27.0. The lowest BCUT2D eigenvalue weighted by Crippen LogP contribution is -2.34. The Morgan fingerprint density at radius 3 is 1.17 bits per heavy atom. The van der Waals surface area contributed by atoms with Gasteiger partial charge in [-0.3, -0.25) is 0 Å². The van der Waals surface area contributed by atoms with E-state index in [4.69, 9.17) is 4.98 Å². The van der Waals surface area contributed by atoms with Crippen molar-refractivity contribution in [2.24, 2.45) is 0 Å². The number of pyridine rings is 1. The maximum Gasteiger partial charge on any atom is 0.259 e. The fourth-order valence-corrected chi connectivity index (χ4v) is 44.2. The molecule has 4 fully saturated rings. The lowest BCUT2D eigenvalue weighted by Gasteiger charge is -2.51. The molecule has 0 amide bonds. The van der Waals surface area contributed by atoms with Crippen LogP contribution in [0.5, 0.6) is 0 Å². The van der Waals surface area contributed by atoms with Crippen molar-refractivity contribution in [3.05, 3.63) is 24.4 Å². The van der Waals surface area contributed by atoms with E-state index in [1.165, 1.54) is 77.0 Å². The zero-order valence-corrected chi connectivity index (χ0v) is 25.7. The Labute approximate surface area is 220 Å². The molecule has 4 saturated carbocycles. The molecule has 1 heterocycles. The Balaban J connectivity index is 1.67. The van der Waals surface area contributed by atoms with Crippen LogP contribution < -0.4 is 5.44 Å². The summed E-state index contributed by atoms with van der Waals surface area (Å²) < 4.78 is 0. The third-order valence-electron chi connectivity index (χ3n) is 10.9. The monoisotopic (exact) mass is 533 g/mol. The van der Waals surface area contributed by atoms with Gasteiger partial charge in [0.1, 0.15) is 5.44 Å². The highest BCUT2D eigenvalue weighted by molar-refractivity contribution is 8.72. The molecule has 0 bridgehead atoms. The van der Waals surface area contributed by atoms with E-state index in [1.807, 2.05) is 0 Å². The zero-order chi connectivity index (χ0) is 24.1. The van der Waals surface area contributed by atoms with Crippen molar-refractivity contribution in [3.63, 3.8) is 0 Å². The van der Waals surface area contributed by atoms with E-state index in [1.54, 1.807) is 56.8 Å². The molecule has 1 aromatic rings. The summed E-state index contributed by atoms with van der Waals surface area (Å²) in [5, 5.41) is 0. The fraction of sp³-hybridized carbons (Fsp3) is 0.839. The predicted molar refractivity (Wildman–Crippen MR) is 164 cm³/mol. The van der Waals surface area contributed by atoms with Gasteiger partial charge in [-0.1, -0.05) is 31.7 Å². The standard InChI is InChI=1S/C31H54NP3/c1-34(27-17-7-3-8-18-27,28-19-9-4-10-20-28)33(31-25-15-16-26-32-31)35(2,29-21-11-5-12-22-29)30-23-13-6-14-24-30/h15-16,25-30H,3-14,17-24H2,1-2H3/q+2. The Bertz CT molecular complexity index is 677. The first-order valence-corrected chi connectivity index (χ1v) is 23.1. The average Bonchev–Trinajstić information content (AvgIpc) is 2.95. The first-order valence-electron chi connectivity index (χ1n) is 15.6. The first-order chi connectivity index (χ1) is 17.1. The molecule has 4 heteroatoms. The summed E-state index contributed by atoms with van der Waals surface area (Å²) in [6.45, 7) is 3.70. The van der Waals surface area contributed by atoms with Gasteiger partial charge in [-0.05, 0) is 115 Å². The largest absolute Gasteiger partial charge is 0.259 e. The van der Waals surface area contributed by atoms with Gasteiger partial charge in [0.05, 0.1) is 49.9 Å². The van der Waals surface area contributed by atoms with Crippen molar-refractivity contribution in [2.75, 3.05) is 13.3 Å². The number of hydrogen-bond donors (Lipinski definition) is 0. The van der Waals surface area contributed by atoms with Gasteiger partial charge in [0.15, 0.2) is 0 Å². The molecule has 1 aromatic heterocycles. The van der Waals surface area contributed by atoms with E-state index in [9.17, 15) is 0 Å². The molecule has 1 nitrogen and oxygen atoms in total. The van der Waals surface area contributed by atoms with Crippen LogP contribution in [0.25, 0.3) is 0 Å². The number of nitrogens with zero attached hydrogens (tertiary/aromatic N) is 1. The van der Waals surface area contributed by atoms with Gasteiger partial charge in [-0.25, -0.2) is 4.98 Å². The molecule has 0 unspecified atom stereocenters. The maximum atomic E-state index is 5.38. The molecular weight excluding hydrogens is 479 g/mol. The Hall–Kier alpha value is 0.440. The number of aromatic nitrogens is 1. The minimum absolute atomic E-state index is 0.127. The molecule has 4 aliphatic carbocycles. The van der Waals surface area contributed by atoms with Crippen LogP contribution in [0.15, 0.2) is 24.4 Å². The molecule has 0 N–H and O–H groups in total. The van der Waals surface area contributed by atoms with Gasteiger partial charge >= 0.3 is 0 Å². The lowest BCUT2D eigenvalue weighted by molar-refractivity contribution is 0.482. The summed E-state index contributed by atoms with van der Waals surface area (Å²) in [6.07, 6.45) is 32.8. The van der Waals surface area contributed by atoms with Gasteiger partial charge in [0.2, 0.25) is 0 Å². The molecule has 0 radical (unpaired) electrons. The second-order valence-corrected chi connectivity index (χ2v) is 29.7. The normalized spacial score (nSPS) is 25.2. The van der Waals surface area contributed by atoms with Crippen molar-refractivity contribution in [1.29, 1.82) is 0 Å². The van der Waals surface area contributed by atoms with E-state index in [-0.39, 0.29) is 7.30 Å². The van der Waals surface area contributed by atoms with E-state index in [2.05, 4.69) is 37.7 Å². The highest BCUT2D eigenvalue weighted by Gasteiger charge is 2.70. The summed E-state index contributed by atoms with van der Waals surface area (Å²) >= 11 is 0. The number of hydrogen-bond acceptors (Lipinski definition) is 1. The molecule has 4 aliphatic rings. The molecule has 196 valence electrons. The zero-order valence-electron chi connectivity index (χ0n) is 23.0. The van der Waals surface area contributed by atoms with Crippen molar-refractivity contribution < 1.29 is 0 Å². The average molecular weight is 534 g/mol. The molecule has 0 saturated heterocycles. The highest BCUT2D eigenvalue weighted by atomic mass is 32.5. The van der Waals surface area contributed by atoms with Crippen molar-refractivity contribution >= 4 is 26.6 Å². The van der Waals surface area contributed by atoms with Crippen molar-refractivity contribution in [3.8, 4) is 0 Å². The summed E-state index contributed by atoms with van der Waals surface area (Å²) in [4.78, 5) is 5.38. The topological polar surface area (TPSA) is 12.9 Å². The van der Waals surface area contributed by atoms with Crippen LogP contribution in [-0.4, -0.2) is 40.9 Å². The van der Waals surface area contributed by atoms with Gasteiger partial charge in [-0.15, -0.1) is 0 Å². The Kier molecular flexibility index (Phi) is 9.67. The second-order valence-electron chi connectivity index (χ2n) is 12.8. The van der Waals surface area contributed by atoms with Crippen molar-refractivity contribution in [2.45, 2.75) is 151 Å². The summed E-state index contributed by atoms with van der Waals surface area (Å²) in [7, 11) is -0.127. The van der Waals surface area contributed by atoms with Crippen LogP contribution >= 0.6 is 21.2 Å². The third kappa shape index (κ3) is 5.60. The molecule has 35 heavy (non-hydrogen) atoms. The predicted octanol–water partition coefficient (Wildman–Crippen LogP) is 10.6.